The van der Waals surface area contributed by atoms with Crippen molar-refractivity contribution >= 4 is 17.9 Å². The molecule has 1 amide bonds. The molecule has 3 nitrogen and oxygen atoms in total. The van der Waals surface area contributed by atoms with Gasteiger partial charge < -0.3 is 5.32 Å². The van der Waals surface area contributed by atoms with E-state index in [4.69, 9.17) is 0 Å². The molecule has 0 fully saturated rings. The third-order valence-electron chi connectivity index (χ3n) is 3.49. The van der Waals surface area contributed by atoms with Crippen LogP contribution in [0.1, 0.15) is 27.4 Å². The van der Waals surface area contributed by atoms with Gasteiger partial charge in [0.1, 0.15) is 6.29 Å². The van der Waals surface area contributed by atoms with E-state index >= 15 is 0 Å². The van der Waals surface area contributed by atoms with Crippen molar-refractivity contribution in [3.8, 4) is 0 Å². The van der Waals surface area contributed by atoms with Gasteiger partial charge in [-0.25, -0.2) is 0 Å². The minimum Gasteiger partial charge on any atom is -0.326 e. The minimum absolute atomic E-state index is 0.0116. The number of fused-ring (bicyclic) bond motifs is 1. The van der Waals surface area contributed by atoms with Crippen molar-refractivity contribution in [3.05, 3.63) is 65.2 Å². The van der Waals surface area contributed by atoms with E-state index < -0.39 is 0 Å². The number of nitrogens with one attached hydrogen (secondary N) is 1. The van der Waals surface area contributed by atoms with Crippen molar-refractivity contribution in [2.75, 3.05) is 5.32 Å². The number of rotatable bonds is 3. The summed E-state index contributed by atoms with van der Waals surface area (Å²) in [6, 6.07) is 14.9. The van der Waals surface area contributed by atoms with Crippen LogP contribution in [0.25, 0.3) is 0 Å². The van der Waals surface area contributed by atoms with E-state index in [1.165, 1.54) is 5.56 Å². The van der Waals surface area contributed by atoms with Crippen LogP contribution in [0.15, 0.2) is 48.5 Å². The molecule has 0 saturated carbocycles. The molecule has 1 atom stereocenters. The van der Waals surface area contributed by atoms with Crippen molar-refractivity contribution in [1.29, 1.82) is 0 Å². The molecule has 1 unspecified atom stereocenters. The molecule has 1 N–H and O–H groups in total. The maximum Gasteiger partial charge on any atom is 0.232 e. The van der Waals surface area contributed by atoms with Gasteiger partial charge in [0.25, 0.3) is 0 Å². The van der Waals surface area contributed by atoms with E-state index in [1.807, 2.05) is 18.2 Å². The summed E-state index contributed by atoms with van der Waals surface area (Å²) < 4.78 is 0. The van der Waals surface area contributed by atoms with Gasteiger partial charge in [-0.1, -0.05) is 24.3 Å². The number of carbonyl (C=O) groups is 2. The van der Waals surface area contributed by atoms with Gasteiger partial charge in [-0.2, -0.15) is 0 Å². The summed E-state index contributed by atoms with van der Waals surface area (Å²) >= 11 is 0. The van der Waals surface area contributed by atoms with Crippen LogP contribution < -0.4 is 5.32 Å². The summed E-state index contributed by atoms with van der Waals surface area (Å²) in [4.78, 5) is 22.7. The molecule has 0 radical (unpaired) electrons. The van der Waals surface area contributed by atoms with E-state index in [0.717, 1.165) is 24.0 Å². The molecule has 1 aliphatic rings. The molecule has 0 heterocycles. The van der Waals surface area contributed by atoms with Gasteiger partial charge in [0.05, 0.1) is 5.92 Å². The van der Waals surface area contributed by atoms with Gasteiger partial charge in [-0.05, 0) is 41.8 Å². The quantitative estimate of drug-likeness (QED) is 0.852. The number of carbonyl (C=O) groups excluding carboxylic acids is 2. The van der Waals surface area contributed by atoms with Crippen LogP contribution in [0.3, 0.4) is 0 Å². The third-order valence-corrected chi connectivity index (χ3v) is 3.49. The number of amides is 1. The van der Waals surface area contributed by atoms with Crippen LogP contribution in [0, 0.1) is 0 Å². The Morgan fingerprint density at radius 2 is 1.84 bits per heavy atom. The van der Waals surface area contributed by atoms with Crippen LogP contribution in [0.4, 0.5) is 5.69 Å². The lowest BCUT2D eigenvalue weighted by Gasteiger charge is -2.28. The molecular weight excluding hydrogens is 238 g/mol. The molecule has 3 rings (SSSR count). The first-order chi connectivity index (χ1) is 9.28. The zero-order valence-electron chi connectivity index (χ0n) is 10.3. The predicted molar refractivity (Wildman–Crippen MR) is 73.3 cm³/mol. The van der Waals surface area contributed by atoms with Gasteiger partial charge in [0.2, 0.25) is 5.91 Å². The number of anilines is 1. The standard InChI is InChI=1S/C16H13NO2/c18-10-11-5-7-13(8-6-11)17-16(19)15-9-12-3-1-2-4-14(12)15/h1-8,10,15H,9H2,(H,17,19). The van der Waals surface area contributed by atoms with Crippen molar-refractivity contribution in [2.24, 2.45) is 0 Å². The van der Waals surface area contributed by atoms with Crippen molar-refractivity contribution in [1.82, 2.24) is 0 Å². The Labute approximate surface area is 111 Å². The fourth-order valence-electron chi connectivity index (χ4n) is 2.37. The second-order valence-electron chi connectivity index (χ2n) is 4.68. The summed E-state index contributed by atoms with van der Waals surface area (Å²) in [7, 11) is 0. The lowest BCUT2D eigenvalue weighted by atomic mass is 9.77. The second kappa shape index (κ2) is 4.69. The van der Waals surface area contributed by atoms with Crippen molar-refractivity contribution in [3.63, 3.8) is 0 Å². The molecule has 19 heavy (non-hydrogen) atoms. The molecular formula is C16H13NO2. The van der Waals surface area contributed by atoms with E-state index in [0.29, 0.717) is 5.56 Å². The molecule has 2 aromatic rings. The first kappa shape index (κ1) is 11.7. The van der Waals surface area contributed by atoms with E-state index in [2.05, 4.69) is 11.4 Å². The molecule has 0 bridgehead atoms. The Morgan fingerprint density at radius 1 is 1.11 bits per heavy atom. The second-order valence-corrected chi connectivity index (χ2v) is 4.68. The van der Waals surface area contributed by atoms with E-state index in [-0.39, 0.29) is 11.8 Å². The Bertz CT molecular complexity index is 631. The van der Waals surface area contributed by atoms with Crippen LogP contribution in [-0.2, 0) is 11.2 Å². The number of hydrogen-bond acceptors (Lipinski definition) is 2. The fraction of sp³-hybridized carbons (Fsp3) is 0.125. The van der Waals surface area contributed by atoms with Gasteiger partial charge in [0, 0.05) is 11.3 Å². The third kappa shape index (κ3) is 2.15. The van der Waals surface area contributed by atoms with Crippen LogP contribution in [0.5, 0.6) is 0 Å². The Hall–Kier alpha value is -2.42. The molecule has 3 heteroatoms. The normalized spacial score (nSPS) is 16.1. The maximum absolute atomic E-state index is 12.1. The summed E-state index contributed by atoms with van der Waals surface area (Å²) in [5, 5.41) is 2.88. The molecule has 0 aliphatic heterocycles. The van der Waals surface area contributed by atoms with E-state index in [1.54, 1.807) is 24.3 Å². The number of hydrogen-bond donors (Lipinski definition) is 1. The number of benzene rings is 2. The average Bonchev–Trinajstić information content (AvgIpc) is 2.41. The van der Waals surface area contributed by atoms with Gasteiger partial charge in [-0.15, -0.1) is 0 Å². The zero-order valence-corrected chi connectivity index (χ0v) is 10.3. The average molecular weight is 251 g/mol. The van der Waals surface area contributed by atoms with Gasteiger partial charge in [-0.3, -0.25) is 9.59 Å². The summed E-state index contributed by atoms with van der Waals surface area (Å²) in [6.45, 7) is 0. The molecule has 94 valence electrons. The first-order valence-electron chi connectivity index (χ1n) is 6.22. The fourth-order valence-corrected chi connectivity index (χ4v) is 2.37. The Kier molecular flexibility index (Phi) is 2.88. The van der Waals surface area contributed by atoms with Crippen molar-refractivity contribution < 1.29 is 9.59 Å². The zero-order chi connectivity index (χ0) is 13.2. The number of aldehydes is 1. The highest BCUT2D eigenvalue weighted by molar-refractivity contribution is 5.98. The molecule has 1 aliphatic carbocycles. The van der Waals surface area contributed by atoms with Gasteiger partial charge >= 0.3 is 0 Å². The minimum atomic E-state index is -0.0538. The molecule has 0 saturated heterocycles. The Morgan fingerprint density at radius 3 is 2.53 bits per heavy atom. The lowest BCUT2D eigenvalue weighted by Crippen LogP contribution is -2.30. The molecule has 0 aromatic heterocycles. The maximum atomic E-state index is 12.1. The van der Waals surface area contributed by atoms with Crippen LogP contribution in [0.2, 0.25) is 0 Å². The highest BCUT2D eigenvalue weighted by Crippen LogP contribution is 2.35. The van der Waals surface area contributed by atoms with E-state index in [9.17, 15) is 9.59 Å². The Balaban J connectivity index is 1.71. The molecule has 2 aromatic carbocycles. The summed E-state index contributed by atoms with van der Waals surface area (Å²) in [6.07, 6.45) is 1.59. The highest BCUT2D eigenvalue weighted by Gasteiger charge is 2.31. The highest BCUT2D eigenvalue weighted by atomic mass is 16.2. The predicted octanol–water partition coefficient (Wildman–Crippen LogP) is 2.78. The summed E-state index contributed by atoms with van der Waals surface area (Å²) in [5.41, 5.74) is 3.69. The van der Waals surface area contributed by atoms with Crippen molar-refractivity contribution in [2.45, 2.75) is 12.3 Å². The topological polar surface area (TPSA) is 46.2 Å². The largest absolute Gasteiger partial charge is 0.326 e. The molecule has 0 spiro atoms. The van der Waals surface area contributed by atoms with Crippen LogP contribution >= 0.6 is 0 Å². The summed E-state index contributed by atoms with van der Waals surface area (Å²) in [5.74, 6) is -0.0421. The lowest BCUT2D eigenvalue weighted by molar-refractivity contribution is -0.118. The smallest absolute Gasteiger partial charge is 0.232 e. The van der Waals surface area contributed by atoms with Crippen LogP contribution in [-0.4, -0.2) is 12.2 Å². The monoisotopic (exact) mass is 251 g/mol. The first-order valence-corrected chi connectivity index (χ1v) is 6.22. The SMILES string of the molecule is O=Cc1ccc(NC(=O)C2Cc3ccccc32)cc1. The van der Waals surface area contributed by atoms with Gasteiger partial charge in [0.15, 0.2) is 0 Å².